The number of carbonyl (C=O) groups is 2. The molecule has 0 atom stereocenters. The SMILES string of the molecule is NC(=O)CN1C(=O)COc2cc(Cl)c(Cl)cc21. The van der Waals surface area contributed by atoms with Gasteiger partial charge in [-0.3, -0.25) is 14.5 Å². The van der Waals surface area contributed by atoms with Crippen LogP contribution in [0.5, 0.6) is 5.75 Å². The third-order valence-electron chi connectivity index (χ3n) is 2.26. The van der Waals surface area contributed by atoms with Crippen LogP contribution < -0.4 is 15.4 Å². The van der Waals surface area contributed by atoms with E-state index in [1.807, 2.05) is 0 Å². The van der Waals surface area contributed by atoms with E-state index >= 15 is 0 Å². The molecule has 1 aliphatic rings. The molecule has 1 heterocycles. The molecule has 2 rings (SSSR count). The second-order valence-electron chi connectivity index (χ2n) is 3.47. The topological polar surface area (TPSA) is 72.6 Å². The molecule has 5 nitrogen and oxygen atoms in total. The van der Waals surface area contributed by atoms with E-state index in [1.165, 1.54) is 17.0 Å². The number of anilines is 1. The molecule has 2 amide bonds. The molecular weight excluding hydrogens is 267 g/mol. The normalized spacial score (nSPS) is 14.2. The molecule has 0 aromatic heterocycles. The Morgan fingerprint density at radius 3 is 2.71 bits per heavy atom. The fourth-order valence-electron chi connectivity index (χ4n) is 1.53. The zero-order valence-electron chi connectivity index (χ0n) is 8.57. The van der Waals surface area contributed by atoms with Crippen LogP contribution >= 0.6 is 23.2 Å². The van der Waals surface area contributed by atoms with E-state index < -0.39 is 5.91 Å². The number of nitrogens with two attached hydrogens (primary N) is 1. The van der Waals surface area contributed by atoms with E-state index in [1.54, 1.807) is 0 Å². The monoisotopic (exact) mass is 274 g/mol. The van der Waals surface area contributed by atoms with Crippen molar-refractivity contribution in [1.29, 1.82) is 0 Å². The standard InChI is InChI=1S/C10H8Cl2N2O3/c11-5-1-7-8(2-6(5)12)17-4-10(16)14(7)3-9(13)15/h1-2H,3-4H2,(H2,13,15). The average molecular weight is 275 g/mol. The van der Waals surface area contributed by atoms with Gasteiger partial charge >= 0.3 is 0 Å². The zero-order valence-corrected chi connectivity index (χ0v) is 10.1. The summed E-state index contributed by atoms with van der Waals surface area (Å²) in [7, 11) is 0. The van der Waals surface area contributed by atoms with Crippen molar-refractivity contribution in [3.05, 3.63) is 22.2 Å². The molecule has 1 aromatic carbocycles. The van der Waals surface area contributed by atoms with Gasteiger partial charge in [0.1, 0.15) is 12.3 Å². The molecule has 1 aliphatic heterocycles. The molecule has 90 valence electrons. The van der Waals surface area contributed by atoms with Gasteiger partial charge in [-0.05, 0) is 6.07 Å². The van der Waals surface area contributed by atoms with Crippen LogP contribution in [0.4, 0.5) is 5.69 Å². The first-order valence-corrected chi connectivity index (χ1v) is 5.45. The first-order valence-electron chi connectivity index (χ1n) is 4.69. The van der Waals surface area contributed by atoms with Gasteiger partial charge < -0.3 is 10.5 Å². The Hall–Kier alpha value is -1.46. The second kappa shape index (κ2) is 4.43. The Labute approximate surface area is 107 Å². The Morgan fingerprint density at radius 2 is 2.06 bits per heavy atom. The molecular formula is C10H8Cl2N2O3. The smallest absolute Gasteiger partial charge is 0.265 e. The van der Waals surface area contributed by atoms with E-state index in [9.17, 15) is 9.59 Å². The van der Waals surface area contributed by atoms with Gasteiger partial charge in [-0.25, -0.2) is 0 Å². The first kappa shape index (κ1) is 12.0. The van der Waals surface area contributed by atoms with Gasteiger partial charge in [0.25, 0.3) is 5.91 Å². The third-order valence-corrected chi connectivity index (χ3v) is 2.98. The number of benzene rings is 1. The number of fused-ring (bicyclic) bond motifs is 1. The Kier molecular flexibility index (Phi) is 3.13. The number of rotatable bonds is 2. The van der Waals surface area contributed by atoms with Gasteiger partial charge in [0, 0.05) is 6.07 Å². The van der Waals surface area contributed by atoms with E-state index in [0.29, 0.717) is 16.5 Å². The molecule has 0 bridgehead atoms. The summed E-state index contributed by atoms with van der Waals surface area (Å²) in [6.45, 7) is -0.370. The predicted octanol–water partition coefficient (Wildman–Crippen LogP) is 1.20. The van der Waals surface area contributed by atoms with Crippen LogP contribution in [0, 0.1) is 0 Å². The van der Waals surface area contributed by atoms with E-state index in [4.69, 9.17) is 33.7 Å². The molecule has 0 fully saturated rings. The van der Waals surface area contributed by atoms with Crippen molar-refractivity contribution in [3.8, 4) is 5.75 Å². The molecule has 7 heteroatoms. The molecule has 2 N–H and O–H groups in total. The molecule has 0 saturated heterocycles. The number of primary amides is 1. The lowest BCUT2D eigenvalue weighted by molar-refractivity contribution is -0.124. The highest BCUT2D eigenvalue weighted by molar-refractivity contribution is 6.42. The van der Waals surface area contributed by atoms with Crippen molar-refractivity contribution < 1.29 is 14.3 Å². The van der Waals surface area contributed by atoms with Crippen molar-refractivity contribution in [1.82, 2.24) is 0 Å². The van der Waals surface area contributed by atoms with Crippen LogP contribution in [0.3, 0.4) is 0 Å². The largest absolute Gasteiger partial charge is 0.482 e. The fraction of sp³-hybridized carbons (Fsp3) is 0.200. The molecule has 0 unspecified atom stereocenters. The van der Waals surface area contributed by atoms with Gasteiger partial charge in [0.2, 0.25) is 5.91 Å². The zero-order chi connectivity index (χ0) is 12.6. The lowest BCUT2D eigenvalue weighted by atomic mass is 10.2. The number of halogens is 2. The number of amides is 2. The fourth-order valence-corrected chi connectivity index (χ4v) is 1.84. The van der Waals surface area contributed by atoms with E-state index in [2.05, 4.69) is 0 Å². The maximum Gasteiger partial charge on any atom is 0.265 e. The summed E-state index contributed by atoms with van der Waals surface area (Å²) < 4.78 is 5.20. The van der Waals surface area contributed by atoms with Crippen molar-refractivity contribution in [2.24, 2.45) is 5.73 Å². The summed E-state index contributed by atoms with van der Waals surface area (Å²) in [5.41, 5.74) is 5.48. The lowest BCUT2D eigenvalue weighted by Gasteiger charge is -2.28. The average Bonchev–Trinajstić information content (AvgIpc) is 2.25. The molecule has 0 aliphatic carbocycles. The van der Waals surface area contributed by atoms with Crippen molar-refractivity contribution in [2.45, 2.75) is 0 Å². The summed E-state index contributed by atoms with van der Waals surface area (Å²) in [5, 5.41) is 0.594. The quantitative estimate of drug-likeness (QED) is 0.881. The Balaban J connectivity index is 2.47. The minimum atomic E-state index is -0.614. The lowest BCUT2D eigenvalue weighted by Crippen LogP contribution is -2.43. The van der Waals surface area contributed by atoms with Crippen LogP contribution in [0.2, 0.25) is 10.0 Å². The van der Waals surface area contributed by atoms with Crippen LogP contribution in [0.15, 0.2) is 12.1 Å². The van der Waals surface area contributed by atoms with Gasteiger partial charge in [-0.2, -0.15) is 0 Å². The minimum absolute atomic E-state index is 0.155. The van der Waals surface area contributed by atoms with Crippen molar-refractivity contribution in [2.75, 3.05) is 18.1 Å². The maximum atomic E-state index is 11.6. The minimum Gasteiger partial charge on any atom is -0.482 e. The Bertz CT molecular complexity index is 505. The van der Waals surface area contributed by atoms with Crippen LogP contribution in [-0.2, 0) is 9.59 Å². The van der Waals surface area contributed by atoms with Gasteiger partial charge in [-0.1, -0.05) is 23.2 Å². The second-order valence-corrected chi connectivity index (χ2v) is 4.28. The number of hydrogen-bond acceptors (Lipinski definition) is 3. The Morgan fingerprint density at radius 1 is 1.41 bits per heavy atom. The van der Waals surface area contributed by atoms with Gasteiger partial charge in [0.15, 0.2) is 6.61 Å². The van der Waals surface area contributed by atoms with Crippen molar-refractivity contribution in [3.63, 3.8) is 0 Å². The van der Waals surface area contributed by atoms with Gasteiger partial charge in [-0.15, -0.1) is 0 Å². The van der Waals surface area contributed by atoms with Gasteiger partial charge in [0.05, 0.1) is 15.7 Å². The molecule has 0 radical (unpaired) electrons. The summed E-state index contributed by atoms with van der Waals surface area (Å²) in [6.07, 6.45) is 0. The van der Waals surface area contributed by atoms with Crippen LogP contribution in [-0.4, -0.2) is 25.0 Å². The number of hydrogen-bond donors (Lipinski definition) is 1. The number of ether oxygens (including phenoxy) is 1. The molecule has 0 saturated carbocycles. The highest BCUT2D eigenvalue weighted by Crippen LogP contribution is 2.38. The van der Waals surface area contributed by atoms with Crippen molar-refractivity contribution >= 4 is 40.7 Å². The maximum absolute atomic E-state index is 11.6. The van der Waals surface area contributed by atoms with Crippen LogP contribution in [0.25, 0.3) is 0 Å². The highest BCUT2D eigenvalue weighted by Gasteiger charge is 2.27. The summed E-state index contributed by atoms with van der Waals surface area (Å²) in [5.74, 6) is -0.563. The highest BCUT2D eigenvalue weighted by atomic mass is 35.5. The number of nitrogens with zero attached hydrogens (tertiary/aromatic N) is 1. The molecule has 1 aromatic rings. The van der Waals surface area contributed by atoms with E-state index in [-0.39, 0.29) is 24.1 Å². The van der Waals surface area contributed by atoms with Crippen LogP contribution in [0.1, 0.15) is 0 Å². The number of carbonyl (C=O) groups excluding carboxylic acids is 2. The third kappa shape index (κ3) is 2.30. The summed E-state index contributed by atoms with van der Waals surface area (Å²) in [6, 6.07) is 2.97. The molecule has 0 spiro atoms. The van der Waals surface area contributed by atoms with E-state index in [0.717, 1.165) is 0 Å². The molecule has 17 heavy (non-hydrogen) atoms. The summed E-state index contributed by atoms with van der Waals surface area (Å²) >= 11 is 11.7. The predicted molar refractivity (Wildman–Crippen MR) is 63.5 cm³/mol. The summed E-state index contributed by atoms with van der Waals surface area (Å²) in [4.78, 5) is 23.7. The first-order chi connectivity index (χ1) is 7.99.